The van der Waals surface area contributed by atoms with Crippen LogP contribution in [0.5, 0.6) is 0 Å². The maximum atomic E-state index is 5.97. The smallest absolute Gasteiger partial charge is 0.0394 e. The summed E-state index contributed by atoms with van der Waals surface area (Å²) < 4.78 is 0. The number of benzene rings is 2. The van der Waals surface area contributed by atoms with Gasteiger partial charge in [-0.25, -0.2) is 0 Å². The molecule has 0 aromatic heterocycles. The van der Waals surface area contributed by atoms with Gasteiger partial charge in [0, 0.05) is 16.1 Å². The molecular formula is C13H13NS. The third-order valence-corrected chi connectivity index (χ3v) is 3.07. The van der Waals surface area contributed by atoms with Crippen molar-refractivity contribution in [2.75, 3.05) is 12.0 Å². The Bertz CT molecular complexity index is 451. The van der Waals surface area contributed by atoms with Crippen molar-refractivity contribution < 1.29 is 0 Å². The molecule has 76 valence electrons. The summed E-state index contributed by atoms with van der Waals surface area (Å²) in [5, 5.41) is 0. The summed E-state index contributed by atoms with van der Waals surface area (Å²) in [6, 6.07) is 16.4. The van der Waals surface area contributed by atoms with Gasteiger partial charge in [-0.1, -0.05) is 30.3 Å². The van der Waals surface area contributed by atoms with Crippen molar-refractivity contribution in [3.8, 4) is 11.1 Å². The van der Waals surface area contributed by atoms with Crippen molar-refractivity contribution in [3.63, 3.8) is 0 Å². The van der Waals surface area contributed by atoms with Crippen LogP contribution in [0, 0.1) is 0 Å². The fraction of sp³-hybridized carbons (Fsp3) is 0.0769. The first kappa shape index (κ1) is 10.1. The van der Waals surface area contributed by atoms with Crippen LogP contribution in [-0.4, -0.2) is 6.26 Å². The number of hydrogen-bond acceptors (Lipinski definition) is 2. The lowest BCUT2D eigenvalue weighted by Gasteiger charge is -2.07. The van der Waals surface area contributed by atoms with Crippen molar-refractivity contribution in [3.05, 3.63) is 48.5 Å². The first-order chi connectivity index (χ1) is 7.31. The maximum Gasteiger partial charge on any atom is 0.0394 e. The van der Waals surface area contributed by atoms with Crippen LogP contribution >= 0.6 is 11.8 Å². The lowest BCUT2D eigenvalue weighted by molar-refractivity contribution is 1.46. The Labute approximate surface area is 94.3 Å². The zero-order chi connectivity index (χ0) is 10.7. The van der Waals surface area contributed by atoms with E-state index in [1.165, 1.54) is 10.5 Å². The van der Waals surface area contributed by atoms with Crippen LogP contribution in [0.15, 0.2) is 53.4 Å². The highest BCUT2D eigenvalue weighted by molar-refractivity contribution is 7.98. The molecule has 2 heteroatoms. The van der Waals surface area contributed by atoms with Crippen LogP contribution in [-0.2, 0) is 0 Å². The van der Waals surface area contributed by atoms with E-state index in [9.17, 15) is 0 Å². The molecule has 0 aliphatic rings. The van der Waals surface area contributed by atoms with Gasteiger partial charge in [-0.2, -0.15) is 0 Å². The molecule has 0 aliphatic carbocycles. The van der Waals surface area contributed by atoms with E-state index in [2.05, 4.69) is 24.5 Å². The average Bonchev–Trinajstić information content (AvgIpc) is 2.31. The quantitative estimate of drug-likeness (QED) is 0.611. The molecule has 0 fully saturated rings. The summed E-state index contributed by atoms with van der Waals surface area (Å²) in [6.07, 6.45) is 2.07. The summed E-state index contributed by atoms with van der Waals surface area (Å²) in [5.74, 6) is 0. The van der Waals surface area contributed by atoms with Gasteiger partial charge in [0.15, 0.2) is 0 Å². The van der Waals surface area contributed by atoms with Crippen molar-refractivity contribution >= 4 is 17.4 Å². The van der Waals surface area contributed by atoms with Gasteiger partial charge < -0.3 is 5.73 Å². The minimum absolute atomic E-state index is 0.832. The van der Waals surface area contributed by atoms with E-state index in [0.29, 0.717) is 0 Å². The summed E-state index contributed by atoms with van der Waals surface area (Å²) in [7, 11) is 0. The molecule has 2 aromatic carbocycles. The molecule has 0 unspecified atom stereocenters. The van der Waals surface area contributed by atoms with Crippen LogP contribution in [0.25, 0.3) is 11.1 Å². The average molecular weight is 215 g/mol. The van der Waals surface area contributed by atoms with E-state index < -0.39 is 0 Å². The molecule has 15 heavy (non-hydrogen) atoms. The zero-order valence-corrected chi connectivity index (χ0v) is 9.42. The highest BCUT2D eigenvalue weighted by atomic mass is 32.2. The van der Waals surface area contributed by atoms with Crippen LogP contribution in [0.3, 0.4) is 0 Å². The van der Waals surface area contributed by atoms with Crippen molar-refractivity contribution in [1.29, 1.82) is 0 Å². The summed E-state index contributed by atoms with van der Waals surface area (Å²) >= 11 is 1.73. The van der Waals surface area contributed by atoms with Gasteiger partial charge in [0.05, 0.1) is 0 Å². The third kappa shape index (κ3) is 2.16. The van der Waals surface area contributed by atoms with Gasteiger partial charge >= 0.3 is 0 Å². The topological polar surface area (TPSA) is 26.0 Å². The molecule has 0 amide bonds. The molecule has 1 nitrogen and oxygen atoms in total. The molecule has 0 aliphatic heterocycles. The summed E-state index contributed by atoms with van der Waals surface area (Å²) in [5.41, 5.74) is 9.08. The highest BCUT2D eigenvalue weighted by Crippen LogP contribution is 2.29. The van der Waals surface area contributed by atoms with E-state index in [4.69, 9.17) is 5.73 Å². The number of rotatable bonds is 2. The molecular weight excluding hydrogens is 202 g/mol. The van der Waals surface area contributed by atoms with Gasteiger partial charge in [0.2, 0.25) is 0 Å². The van der Waals surface area contributed by atoms with Crippen molar-refractivity contribution in [2.45, 2.75) is 4.90 Å². The Morgan fingerprint density at radius 1 is 1.00 bits per heavy atom. The van der Waals surface area contributed by atoms with Gasteiger partial charge in [-0.05, 0) is 30.0 Å². The number of thioether (sulfide) groups is 1. The Balaban J connectivity index is 2.52. The first-order valence-electron chi connectivity index (χ1n) is 4.80. The van der Waals surface area contributed by atoms with Crippen molar-refractivity contribution in [2.24, 2.45) is 0 Å². The number of nitrogens with two attached hydrogens (primary N) is 1. The van der Waals surface area contributed by atoms with E-state index in [0.717, 1.165) is 11.3 Å². The van der Waals surface area contributed by atoms with E-state index in [1.54, 1.807) is 11.8 Å². The molecule has 0 saturated carbocycles. The van der Waals surface area contributed by atoms with Gasteiger partial charge in [0.1, 0.15) is 0 Å². The second-order valence-corrected chi connectivity index (χ2v) is 4.20. The predicted octanol–water partition coefficient (Wildman–Crippen LogP) is 3.66. The third-order valence-electron chi connectivity index (χ3n) is 2.35. The Kier molecular flexibility index (Phi) is 2.97. The second kappa shape index (κ2) is 4.41. The lowest BCUT2D eigenvalue weighted by Crippen LogP contribution is -1.89. The predicted molar refractivity (Wildman–Crippen MR) is 68.1 cm³/mol. The normalized spacial score (nSPS) is 10.2. The lowest BCUT2D eigenvalue weighted by atomic mass is 10.0. The minimum Gasteiger partial charge on any atom is -0.398 e. The van der Waals surface area contributed by atoms with Crippen LogP contribution in [0.2, 0.25) is 0 Å². The molecule has 0 atom stereocenters. The fourth-order valence-corrected chi connectivity index (χ4v) is 1.97. The monoisotopic (exact) mass is 215 g/mol. The van der Waals surface area contributed by atoms with Crippen molar-refractivity contribution in [1.82, 2.24) is 0 Å². The Morgan fingerprint density at radius 3 is 2.40 bits per heavy atom. The summed E-state index contributed by atoms with van der Waals surface area (Å²) in [4.78, 5) is 1.24. The standard InChI is InChI=1S/C13H13NS/c1-15-11-7-8-13(14)12(9-11)10-5-3-2-4-6-10/h2-9H,14H2,1H3. The summed E-state index contributed by atoms with van der Waals surface area (Å²) in [6.45, 7) is 0. The van der Waals surface area contributed by atoms with Crippen LogP contribution in [0.4, 0.5) is 5.69 Å². The van der Waals surface area contributed by atoms with E-state index in [-0.39, 0.29) is 0 Å². The van der Waals surface area contributed by atoms with Crippen LogP contribution in [0.1, 0.15) is 0 Å². The van der Waals surface area contributed by atoms with E-state index >= 15 is 0 Å². The molecule has 0 saturated heterocycles. The number of nitrogen functional groups attached to an aromatic ring is 1. The Morgan fingerprint density at radius 2 is 1.73 bits per heavy atom. The minimum atomic E-state index is 0.832. The molecule has 0 spiro atoms. The Hall–Kier alpha value is -1.41. The number of anilines is 1. The fourth-order valence-electron chi connectivity index (χ4n) is 1.53. The van der Waals surface area contributed by atoms with Gasteiger partial charge in [-0.3, -0.25) is 0 Å². The molecule has 2 rings (SSSR count). The van der Waals surface area contributed by atoms with E-state index in [1.807, 2.05) is 30.3 Å². The largest absolute Gasteiger partial charge is 0.398 e. The SMILES string of the molecule is CSc1ccc(N)c(-c2ccccc2)c1. The molecule has 0 bridgehead atoms. The second-order valence-electron chi connectivity index (χ2n) is 3.32. The molecule has 2 N–H and O–H groups in total. The molecule has 0 radical (unpaired) electrons. The number of hydrogen-bond donors (Lipinski definition) is 1. The zero-order valence-electron chi connectivity index (χ0n) is 8.60. The van der Waals surface area contributed by atoms with Gasteiger partial charge in [-0.15, -0.1) is 11.8 Å². The molecule has 2 aromatic rings. The molecule has 0 heterocycles. The maximum absolute atomic E-state index is 5.97. The van der Waals surface area contributed by atoms with Crippen LogP contribution < -0.4 is 5.73 Å². The highest BCUT2D eigenvalue weighted by Gasteiger charge is 2.02. The van der Waals surface area contributed by atoms with Gasteiger partial charge in [0.25, 0.3) is 0 Å². The first-order valence-corrected chi connectivity index (χ1v) is 6.02.